The minimum absolute atomic E-state index is 0.0360. The molecule has 2 amide bonds. The molecule has 2 N–H and O–H groups in total. The molecular formula is C22H28ClN3O4. The number of rotatable bonds is 10. The van der Waals surface area contributed by atoms with E-state index in [2.05, 4.69) is 10.6 Å². The van der Waals surface area contributed by atoms with Gasteiger partial charge in [-0.1, -0.05) is 23.7 Å². The Kier molecular flexibility index (Phi) is 8.95. The lowest BCUT2D eigenvalue weighted by molar-refractivity contribution is -0.122. The highest BCUT2D eigenvalue weighted by Crippen LogP contribution is 2.30. The van der Waals surface area contributed by atoms with Gasteiger partial charge in [-0.05, 0) is 52.1 Å². The van der Waals surface area contributed by atoms with Crippen LogP contribution in [0, 0.1) is 0 Å². The maximum absolute atomic E-state index is 12.5. The van der Waals surface area contributed by atoms with Crippen molar-refractivity contribution in [1.29, 1.82) is 0 Å². The predicted molar refractivity (Wildman–Crippen MR) is 120 cm³/mol. The van der Waals surface area contributed by atoms with E-state index >= 15 is 0 Å². The summed E-state index contributed by atoms with van der Waals surface area (Å²) in [6.45, 7) is 6.54. The molecule has 0 spiro atoms. The summed E-state index contributed by atoms with van der Waals surface area (Å²) in [4.78, 5) is 26.6. The third-order valence-electron chi connectivity index (χ3n) is 4.39. The van der Waals surface area contributed by atoms with Crippen molar-refractivity contribution in [3.05, 3.63) is 47.5 Å². The van der Waals surface area contributed by atoms with E-state index in [4.69, 9.17) is 21.1 Å². The van der Waals surface area contributed by atoms with Gasteiger partial charge in [-0.3, -0.25) is 14.5 Å². The summed E-state index contributed by atoms with van der Waals surface area (Å²) in [6, 6.07) is 11.7. The van der Waals surface area contributed by atoms with Crippen LogP contribution in [-0.2, 0) is 9.59 Å². The van der Waals surface area contributed by atoms with Gasteiger partial charge in [-0.15, -0.1) is 0 Å². The Morgan fingerprint density at radius 3 is 2.37 bits per heavy atom. The molecule has 0 saturated heterocycles. The summed E-state index contributed by atoms with van der Waals surface area (Å²) < 4.78 is 11.1. The van der Waals surface area contributed by atoms with Crippen molar-refractivity contribution < 1.29 is 19.1 Å². The maximum Gasteiger partial charge on any atom is 0.241 e. The first kappa shape index (κ1) is 23.5. The summed E-state index contributed by atoms with van der Waals surface area (Å²) in [5.41, 5.74) is 1.13. The smallest absolute Gasteiger partial charge is 0.241 e. The van der Waals surface area contributed by atoms with Crippen molar-refractivity contribution >= 4 is 34.8 Å². The molecule has 0 aliphatic rings. The second-order valence-corrected chi connectivity index (χ2v) is 7.04. The molecule has 0 fully saturated rings. The number of halogens is 1. The molecule has 7 nitrogen and oxygen atoms in total. The van der Waals surface area contributed by atoms with E-state index in [-0.39, 0.29) is 18.4 Å². The van der Waals surface area contributed by atoms with Crippen LogP contribution in [0.4, 0.5) is 11.4 Å². The van der Waals surface area contributed by atoms with Crippen molar-refractivity contribution in [3.63, 3.8) is 0 Å². The zero-order valence-corrected chi connectivity index (χ0v) is 18.5. The van der Waals surface area contributed by atoms with Gasteiger partial charge in [0.25, 0.3) is 0 Å². The number of anilines is 2. The Hall–Kier alpha value is -2.77. The average Bonchev–Trinajstić information content (AvgIpc) is 2.71. The van der Waals surface area contributed by atoms with Crippen molar-refractivity contribution in [2.75, 3.05) is 37.4 Å². The van der Waals surface area contributed by atoms with Gasteiger partial charge in [0.2, 0.25) is 11.8 Å². The van der Waals surface area contributed by atoms with E-state index < -0.39 is 6.04 Å². The van der Waals surface area contributed by atoms with Crippen LogP contribution in [0.15, 0.2) is 42.5 Å². The molecule has 0 aliphatic carbocycles. The van der Waals surface area contributed by atoms with E-state index in [9.17, 15) is 9.59 Å². The highest BCUT2D eigenvalue weighted by molar-refractivity contribution is 6.33. The minimum Gasteiger partial charge on any atom is -0.490 e. The first-order chi connectivity index (χ1) is 14.3. The van der Waals surface area contributed by atoms with Crippen LogP contribution < -0.4 is 20.1 Å². The SMILES string of the molecule is CCOc1ccc(NC(=O)CN(C)C(C)C(=O)Nc2ccccc2Cl)cc1OCC. The molecule has 2 aromatic rings. The predicted octanol–water partition coefficient (Wildman–Crippen LogP) is 4.03. The van der Waals surface area contributed by atoms with E-state index in [0.717, 1.165) is 0 Å². The molecule has 0 saturated carbocycles. The number of ether oxygens (including phenoxy) is 2. The number of para-hydroxylation sites is 1. The van der Waals surface area contributed by atoms with E-state index in [1.807, 2.05) is 13.8 Å². The Bertz CT molecular complexity index is 875. The van der Waals surface area contributed by atoms with Gasteiger partial charge < -0.3 is 20.1 Å². The summed E-state index contributed by atoms with van der Waals surface area (Å²) in [6.07, 6.45) is 0. The molecule has 8 heteroatoms. The summed E-state index contributed by atoms with van der Waals surface area (Å²) in [5, 5.41) is 6.06. The molecule has 30 heavy (non-hydrogen) atoms. The molecule has 162 valence electrons. The summed E-state index contributed by atoms with van der Waals surface area (Å²) in [7, 11) is 1.71. The highest BCUT2D eigenvalue weighted by Gasteiger charge is 2.21. The Morgan fingerprint density at radius 1 is 1.03 bits per heavy atom. The fraction of sp³-hybridized carbons (Fsp3) is 0.364. The van der Waals surface area contributed by atoms with Gasteiger partial charge in [0, 0.05) is 11.8 Å². The Balaban J connectivity index is 1.95. The van der Waals surface area contributed by atoms with Gasteiger partial charge in [0.05, 0.1) is 36.5 Å². The number of hydrogen-bond donors (Lipinski definition) is 2. The average molecular weight is 434 g/mol. The normalized spacial score (nSPS) is 11.7. The standard InChI is InChI=1S/C22H28ClN3O4/c1-5-29-19-12-11-16(13-20(19)30-6-2)24-21(27)14-26(4)15(3)22(28)25-18-10-8-7-9-17(18)23/h7-13,15H,5-6,14H2,1-4H3,(H,24,27)(H,25,28). The summed E-state index contributed by atoms with van der Waals surface area (Å²) in [5.74, 6) is 0.692. The monoisotopic (exact) mass is 433 g/mol. The largest absolute Gasteiger partial charge is 0.490 e. The number of likely N-dealkylation sites (N-methyl/N-ethyl adjacent to an activating group) is 1. The van der Waals surface area contributed by atoms with E-state index in [1.165, 1.54) is 0 Å². The molecule has 1 unspecified atom stereocenters. The van der Waals surface area contributed by atoms with Crippen LogP contribution in [0.1, 0.15) is 20.8 Å². The third kappa shape index (κ3) is 6.64. The van der Waals surface area contributed by atoms with Crippen LogP contribution >= 0.6 is 11.6 Å². The van der Waals surface area contributed by atoms with Crippen LogP contribution in [0.2, 0.25) is 5.02 Å². The molecule has 0 radical (unpaired) electrons. The summed E-state index contributed by atoms with van der Waals surface area (Å²) >= 11 is 6.08. The second-order valence-electron chi connectivity index (χ2n) is 6.64. The minimum atomic E-state index is -0.536. The van der Waals surface area contributed by atoms with E-state index in [0.29, 0.717) is 41.1 Å². The van der Waals surface area contributed by atoms with Gasteiger partial charge in [-0.2, -0.15) is 0 Å². The molecular weight excluding hydrogens is 406 g/mol. The number of nitrogens with one attached hydrogen (secondary N) is 2. The topological polar surface area (TPSA) is 79.9 Å². The highest BCUT2D eigenvalue weighted by atomic mass is 35.5. The van der Waals surface area contributed by atoms with Crippen LogP contribution in [0.25, 0.3) is 0 Å². The fourth-order valence-corrected chi connectivity index (χ4v) is 2.88. The molecule has 2 aromatic carbocycles. The molecule has 2 rings (SSSR count). The quantitative estimate of drug-likeness (QED) is 0.591. The van der Waals surface area contributed by atoms with Crippen molar-refractivity contribution in [2.24, 2.45) is 0 Å². The maximum atomic E-state index is 12.5. The number of hydrogen-bond acceptors (Lipinski definition) is 5. The number of carbonyl (C=O) groups excluding carboxylic acids is 2. The molecule has 0 bridgehead atoms. The zero-order chi connectivity index (χ0) is 22.1. The first-order valence-electron chi connectivity index (χ1n) is 9.80. The van der Waals surface area contributed by atoms with Crippen LogP contribution in [0.3, 0.4) is 0 Å². The number of nitrogens with zero attached hydrogens (tertiary/aromatic N) is 1. The number of benzene rings is 2. The molecule has 1 atom stereocenters. The van der Waals surface area contributed by atoms with Crippen molar-refractivity contribution in [3.8, 4) is 11.5 Å². The zero-order valence-electron chi connectivity index (χ0n) is 17.7. The Morgan fingerprint density at radius 2 is 1.70 bits per heavy atom. The lowest BCUT2D eigenvalue weighted by Crippen LogP contribution is -2.43. The molecule has 0 aromatic heterocycles. The van der Waals surface area contributed by atoms with Gasteiger partial charge in [0.1, 0.15) is 0 Å². The van der Waals surface area contributed by atoms with Crippen molar-refractivity contribution in [2.45, 2.75) is 26.8 Å². The van der Waals surface area contributed by atoms with Crippen LogP contribution in [-0.4, -0.2) is 49.6 Å². The lowest BCUT2D eigenvalue weighted by Gasteiger charge is -2.23. The molecule has 0 aliphatic heterocycles. The second kappa shape index (κ2) is 11.4. The van der Waals surface area contributed by atoms with Crippen LogP contribution in [0.5, 0.6) is 11.5 Å². The van der Waals surface area contributed by atoms with Gasteiger partial charge >= 0.3 is 0 Å². The Labute approximate surface area is 182 Å². The number of carbonyl (C=O) groups is 2. The third-order valence-corrected chi connectivity index (χ3v) is 4.72. The first-order valence-corrected chi connectivity index (χ1v) is 10.2. The van der Waals surface area contributed by atoms with E-state index in [1.54, 1.807) is 61.3 Å². The lowest BCUT2D eigenvalue weighted by atomic mass is 10.2. The van der Waals surface area contributed by atoms with Crippen molar-refractivity contribution in [1.82, 2.24) is 4.90 Å². The molecule has 0 heterocycles. The van der Waals surface area contributed by atoms with Gasteiger partial charge in [-0.25, -0.2) is 0 Å². The fourth-order valence-electron chi connectivity index (χ4n) is 2.69. The van der Waals surface area contributed by atoms with Gasteiger partial charge in [0.15, 0.2) is 11.5 Å². The number of amides is 2.